The van der Waals surface area contributed by atoms with Gasteiger partial charge in [-0.3, -0.25) is 9.59 Å². The van der Waals surface area contributed by atoms with Gasteiger partial charge in [-0.1, -0.05) is 66.2 Å². The largest absolute Gasteiger partial charge is 0.416 e. The Kier molecular flexibility index (Phi) is 8.47. The number of fused-ring (bicyclic) bond motifs is 1. The van der Waals surface area contributed by atoms with E-state index >= 15 is 0 Å². The second-order valence-corrected chi connectivity index (χ2v) is 10.8. The molecule has 2 N–H and O–H groups in total. The Morgan fingerprint density at radius 1 is 0.950 bits per heavy atom. The fraction of sp³-hybridized carbons (Fsp3) is 0.355. The van der Waals surface area contributed by atoms with Crippen molar-refractivity contribution in [2.75, 3.05) is 19.6 Å². The molecule has 0 spiro atoms. The van der Waals surface area contributed by atoms with Crippen molar-refractivity contribution >= 4 is 23.4 Å². The molecule has 0 saturated carbocycles. The molecule has 2 aliphatic heterocycles. The molecule has 2 heterocycles. The molecule has 1 saturated heterocycles. The van der Waals surface area contributed by atoms with Gasteiger partial charge in [0.2, 0.25) is 11.8 Å². The molecule has 5 nitrogen and oxygen atoms in total. The molecule has 2 amide bonds. The van der Waals surface area contributed by atoms with Crippen LogP contribution >= 0.6 is 11.6 Å². The molecule has 1 fully saturated rings. The summed E-state index contributed by atoms with van der Waals surface area (Å²) in [5, 5.41) is 6.82. The van der Waals surface area contributed by atoms with Crippen molar-refractivity contribution < 1.29 is 22.8 Å². The number of carbonyl (C=O) groups excluding carboxylic acids is 2. The summed E-state index contributed by atoms with van der Waals surface area (Å²) < 4.78 is 40.8. The summed E-state index contributed by atoms with van der Waals surface area (Å²) in [6.07, 6.45) is -2.51. The van der Waals surface area contributed by atoms with Crippen molar-refractivity contribution in [2.24, 2.45) is 0 Å². The highest BCUT2D eigenvalue weighted by atomic mass is 35.5. The first-order valence-corrected chi connectivity index (χ1v) is 13.9. The Bertz CT molecular complexity index is 1350. The van der Waals surface area contributed by atoms with Gasteiger partial charge < -0.3 is 15.5 Å². The van der Waals surface area contributed by atoms with Crippen LogP contribution in [-0.2, 0) is 28.6 Å². The molecule has 9 heteroatoms. The van der Waals surface area contributed by atoms with Gasteiger partial charge in [-0.05, 0) is 65.6 Å². The third-order valence-corrected chi connectivity index (χ3v) is 8.10. The first-order valence-electron chi connectivity index (χ1n) is 13.5. The van der Waals surface area contributed by atoms with E-state index in [9.17, 15) is 22.8 Å². The smallest absolute Gasteiger partial charge is 0.342 e. The molecule has 40 heavy (non-hydrogen) atoms. The van der Waals surface area contributed by atoms with Crippen LogP contribution in [0.2, 0.25) is 5.02 Å². The molecule has 3 aromatic carbocycles. The first kappa shape index (κ1) is 28.2. The average molecular weight is 570 g/mol. The lowest BCUT2D eigenvalue weighted by Gasteiger charge is -2.36. The van der Waals surface area contributed by atoms with Gasteiger partial charge in [0.25, 0.3) is 0 Å². The van der Waals surface area contributed by atoms with E-state index in [0.29, 0.717) is 37.5 Å². The fourth-order valence-electron chi connectivity index (χ4n) is 5.79. The summed E-state index contributed by atoms with van der Waals surface area (Å²) in [5.41, 5.74) is 2.49. The first-order chi connectivity index (χ1) is 19.2. The Morgan fingerprint density at radius 3 is 2.30 bits per heavy atom. The van der Waals surface area contributed by atoms with Crippen molar-refractivity contribution in [1.82, 2.24) is 15.5 Å². The molecule has 1 unspecified atom stereocenters. The number of alkyl halides is 3. The normalized spacial score (nSPS) is 18.6. The third-order valence-electron chi connectivity index (χ3n) is 7.85. The van der Waals surface area contributed by atoms with Crippen LogP contribution in [0.3, 0.4) is 0 Å². The maximum absolute atomic E-state index is 13.8. The standard InChI is InChI=1S/C31H31ClF3N3O2/c32-23-11-9-20(10-12-23)19-27(37-29(39)28-25-7-2-1-5-21(25)13-16-36-28)30(40)38-17-14-22(15-18-38)24-6-3-4-8-26(24)31(33,34)35/h1-12,22,27-28,36H,13-19H2,(H,37,39)/t27-,28?/m1/s1. The predicted octanol–water partition coefficient (Wildman–Crippen LogP) is 5.68. The summed E-state index contributed by atoms with van der Waals surface area (Å²) >= 11 is 6.05. The van der Waals surface area contributed by atoms with Crippen LogP contribution in [0.5, 0.6) is 0 Å². The van der Waals surface area contributed by atoms with E-state index in [1.165, 1.54) is 12.1 Å². The molecule has 0 radical (unpaired) electrons. The van der Waals surface area contributed by atoms with Gasteiger partial charge in [0, 0.05) is 31.1 Å². The quantitative estimate of drug-likeness (QED) is 0.402. The molecule has 3 aromatic rings. The summed E-state index contributed by atoms with van der Waals surface area (Å²) in [4.78, 5) is 28.9. The minimum Gasteiger partial charge on any atom is -0.342 e. The second kappa shape index (κ2) is 12.0. The topological polar surface area (TPSA) is 61.4 Å². The van der Waals surface area contributed by atoms with E-state index in [-0.39, 0.29) is 29.7 Å². The van der Waals surface area contributed by atoms with Gasteiger partial charge >= 0.3 is 6.18 Å². The molecule has 210 valence electrons. The maximum atomic E-state index is 13.8. The predicted molar refractivity (Wildman–Crippen MR) is 148 cm³/mol. The zero-order valence-electron chi connectivity index (χ0n) is 21.9. The number of nitrogens with zero attached hydrogens (tertiary/aromatic N) is 1. The lowest BCUT2D eigenvalue weighted by molar-refractivity contribution is -0.139. The molecule has 0 aromatic heterocycles. The van der Waals surface area contributed by atoms with Crippen molar-refractivity contribution in [3.05, 3.63) is 106 Å². The van der Waals surface area contributed by atoms with Gasteiger partial charge in [-0.2, -0.15) is 13.2 Å². The van der Waals surface area contributed by atoms with Crippen LogP contribution in [0, 0.1) is 0 Å². The van der Waals surface area contributed by atoms with E-state index in [1.807, 2.05) is 36.4 Å². The Morgan fingerprint density at radius 2 is 1.60 bits per heavy atom. The zero-order chi connectivity index (χ0) is 28.3. The van der Waals surface area contributed by atoms with Crippen LogP contribution in [0.1, 0.15) is 52.6 Å². The number of nitrogens with one attached hydrogen (secondary N) is 2. The van der Waals surface area contributed by atoms with E-state index in [0.717, 1.165) is 29.2 Å². The van der Waals surface area contributed by atoms with Gasteiger partial charge in [0.05, 0.1) is 5.56 Å². The number of hydrogen-bond donors (Lipinski definition) is 2. The highest BCUT2D eigenvalue weighted by molar-refractivity contribution is 6.30. The second-order valence-electron chi connectivity index (χ2n) is 10.4. The van der Waals surface area contributed by atoms with Gasteiger partial charge in [-0.15, -0.1) is 0 Å². The van der Waals surface area contributed by atoms with Gasteiger partial charge in [-0.25, -0.2) is 0 Å². The Labute approximate surface area is 236 Å². The third kappa shape index (κ3) is 6.34. The van der Waals surface area contributed by atoms with Crippen molar-refractivity contribution in [3.8, 4) is 0 Å². The lowest BCUT2D eigenvalue weighted by atomic mass is 9.86. The maximum Gasteiger partial charge on any atom is 0.416 e. The highest BCUT2D eigenvalue weighted by Crippen LogP contribution is 2.38. The summed E-state index contributed by atoms with van der Waals surface area (Å²) in [6.45, 7) is 1.28. The van der Waals surface area contributed by atoms with E-state index in [1.54, 1.807) is 23.1 Å². The minimum absolute atomic E-state index is 0.241. The summed E-state index contributed by atoms with van der Waals surface area (Å²) in [5.74, 6) is -0.822. The fourth-order valence-corrected chi connectivity index (χ4v) is 5.92. The molecular formula is C31H31ClF3N3O2. The number of amides is 2. The van der Waals surface area contributed by atoms with E-state index in [2.05, 4.69) is 10.6 Å². The Hall–Kier alpha value is -3.36. The number of benzene rings is 3. The minimum atomic E-state index is -4.43. The van der Waals surface area contributed by atoms with Gasteiger partial charge in [0.1, 0.15) is 12.1 Å². The van der Waals surface area contributed by atoms with Crippen LogP contribution < -0.4 is 10.6 Å². The number of rotatable bonds is 6. The SMILES string of the molecule is O=C(N[C@H](Cc1ccc(Cl)cc1)C(=O)N1CCC(c2ccccc2C(F)(F)F)CC1)C1NCCc2ccccc21. The number of likely N-dealkylation sites (tertiary alicyclic amines) is 1. The molecule has 0 aliphatic carbocycles. The number of piperidine rings is 1. The highest BCUT2D eigenvalue weighted by Gasteiger charge is 2.37. The molecule has 0 bridgehead atoms. The van der Waals surface area contributed by atoms with Crippen molar-refractivity contribution in [1.29, 1.82) is 0 Å². The van der Waals surface area contributed by atoms with Crippen LogP contribution in [0.15, 0.2) is 72.8 Å². The van der Waals surface area contributed by atoms with Crippen LogP contribution in [-0.4, -0.2) is 42.4 Å². The molecule has 2 aliphatic rings. The molecular weight excluding hydrogens is 539 g/mol. The van der Waals surface area contributed by atoms with Crippen molar-refractivity contribution in [2.45, 2.75) is 49.9 Å². The van der Waals surface area contributed by atoms with E-state index < -0.39 is 23.8 Å². The number of hydrogen-bond acceptors (Lipinski definition) is 3. The summed E-state index contributed by atoms with van der Waals surface area (Å²) in [6, 6.07) is 19.2. The Balaban J connectivity index is 1.32. The van der Waals surface area contributed by atoms with Crippen LogP contribution in [0.4, 0.5) is 13.2 Å². The monoisotopic (exact) mass is 569 g/mol. The lowest BCUT2D eigenvalue weighted by Crippen LogP contribution is -2.54. The van der Waals surface area contributed by atoms with E-state index in [4.69, 9.17) is 11.6 Å². The van der Waals surface area contributed by atoms with Crippen LogP contribution in [0.25, 0.3) is 0 Å². The van der Waals surface area contributed by atoms with Crippen molar-refractivity contribution in [3.63, 3.8) is 0 Å². The number of carbonyl (C=O) groups is 2. The molecule has 5 rings (SSSR count). The molecule has 2 atom stereocenters. The summed E-state index contributed by atoms with van der Waals surface area (Å²) in [7, 11) is 0. The zero-order valence-corrected chi connectivity index (χ0v) is 22.6. The number of halogens is 4. The van der Waals surface area contributed by atoms with Gasteiger partial charge in [0.15, 0.2) is 0 Å². The average Bonchev–Trinajstić information content (AvgIpc) is 2.97.